The van der Waals surface area contributed by atoms with Gasteiger partial charge >= 0.3 is 0 Å². The van der Waals surface area contributed by atoms with Crippen LogP contribution in [-0.4, -0.2) is 35.0 Å². The molecule has 0 aliphatic carbocycles. The molecule has 0 saturated carbocycles. The number of aromatic nitrogens is 2. The number of rotatable bonds is 3. The molecule has 0 bridgehead atoms. The summed E-state index contributed by atoms with van der Waals surface area (Å²) in [6.45, 7) is 1.65. The van der Waals surface area contributed by atoms with E-state index in [2.05, 4.69) is 20.2 Å². The van der Waals surface area contributed by atoms with Crippen molar-refractivity contribution in [3.63, 3.8) is 0 Å². The maximum absolute atomic E-state index is 12.0. The van der Waals surface area contributed by atoms with Crippen molar-refractivity contribution in [3.05, 3.63) is 42.6 Å². The molecule has 1 fully saturated rings. The highest BCUT2D eigenvalue weighted by molar-refractivity contribution is 5.94. The molecule has 20 heavy (non-hydrogen) atoms. The molecule has 1 saturated heterocycles. The molecule has 1 amide bonds. The first-order valence-electron chi connectivity index (χ1n) is 6.68. The molecular weight excluding hydrogens is 256 g/mol. The number of amides is 1. The van der Waals surface area contributed by atoms with E-state index in [9.17, 15) is 4.79 Å². The third-order valence-electron chi connectivity index (χ3n) is 3.37. The van der Waals surface area contributed by atoms with E-state index in [0.29, 0.717) is 5.56 Å². The van der Waals surface area contributed by atoms with Gasteiger partial charge in [0.2, 0.25) is 5.95 Å². The van der Waals surface area contributed by atoms with Gasteiger partial charge in [-0.25, -0.2) is 9.97 Å². The molecule has 0 spiro atoms. The average molecular weight is 272 g/mol. The first kappa shape index (κ1) is 12.7. The van der Waals surface area contributed by atoms with Crippen LogP contribution in [0.4, 0.5) is 5.95 Å². The van der Waals surface area contributed by atoms with E-state index in [-0.39, 0.29) is 11.9 Å². The fraction of sp³-hybridized carbons (Fsp3) is 0.357. The number of nitrogens with one attached hydrogen (secondary N) is 1. The summed E-state index contributed by atoms with van der Waals surface area (Å²) >= 11 is 0. The smallest absolute Gasteiger partial charge is 0.254 e. The number of hydrogen-bond donors (Lipinski definition) is 1. The van der Waals surface area contributed by atoms with Crippen molar-refractivity contribution in [1.82, 2.24) is 15.3 Å². The zero-order valence-corrected chi connectivity index (χ0v) is 11.0. The third-order valence-corrected chi connectivity index (χ3v) is 3.37. The molecule has 0 aromatic carbocycles. The topological polar surface area (TPSA) is 71.3 Å². The van der Waals surface area contributed by atoms with Gasteiger partial charge in [-0.3, -0.25) is 4.79 Å². The van der Waals surface area contributed by atoms with Crippen molar-refractivity contribution in [1.29, 1.82) is 0 Å². The summed E-state index contributed by atoms with van der Waals surface area (Å²) in [6, 6.07) is 3.57. The number of piperidine rings is 1. The number of furan rings is 1. The van der Waals surface area contributed by atoms with E-state index < -0.39 is 0 Å². The minimum atomic E-state index is -0.0976. The quantitative estimate of drug-likeness (QED) is 0.916. The van der Waals surface area contributed by atoms with Gasteiger partial charge in [0.25, 0.3) is 5.91 Å². The average Bonchev–Trinajstić information content (AvgIpc) is 3.03. The van der Waals surface area contributed by atoms with E-state index in [1.165, 1.54) is 12.5 Å². The van der Waals surface area contributed by atoms with Crippen LogP contribution in [0.3, 0.4) is 0 Å². The molecule has 2 aromatic heterocycles. The fourth-order valence-corrected chi connectivity index (χ4v) is 2.39. The number of anilines is 1. The summed E-state index contributed by atoms with van der Waals surface area (Å²) in [7, 11) is 0. The second-order valence-corrected chi connectivity index (χ2v) is 4.82. The van der Waals surface area contributed by atoms with Crippen LogP contribution in [-0.2, 0) is 0 Å². The Morgan fingerprint density at radius 3 is 3.00 bits per heavy atom. The normalized spacial score (nSPS) is 18.8. The van der Waals surface area contributed by atoms with Gasteiger partial charge in [0, 0.05) is 31.5 Å². The summed E-state index contributed by atoms with van der Waals surface area (Å²) in [5.41, 5.74) is 0.554. The lowest BCUT2D eigenvalue weighted by atomic mass is 10.1. The molecular formula is C14H16N4O2. The summed E-state index contributed by atoms with van der Waals surface area (Å²) in [5, 5.41) is 3.02. The molecule has 1 atom stereocenters. The SMILES string of the molecule is O=C(N[C@H]1CCCN(c2ncccn2)C1)c1ccoc1. The molecule has 0 radical (unpaired) electrons. The Bertz CT molecular complexity index is 556. The predicted octanol–water partition coefficient (Wildman–Crippen LogP) is 1.47. The van der Waals surface area contributed by atoms with Gasteiger partial charge in [-0.05, 0) is 25.0 Å². The van der Waals surface area contributed by atoms with Crippen LogP contribution in [0.15, 0.2) is 41.5 Å². The molecule has 1 N–H and O–H groups in total. The van der Waals surface area contributed by atoms with E-state index in [4.69, 9.17) is 4.42 Å². The minimum Gasteiger partial charge on any atom is -0.472 e. The van der Waals surface area contributed by atoms with Gasteiger partial charge in [-0.15, -0.1) is 0 Å². The van der Waals surface area contributed by atoms with Gasteiger partial charge in [0.15, 0.2) is 0 Å². The lowest BCUT2D eigenvalue weighted by molar-refractivity contribution is 0.0932. The Morgan fingerprint density at radius 2 is 2.25 bits per heavy atom. The Kier molecular flexibility index (Phi) is 3.62. The van der Waals surface area contributed by atoms with Crippen molar-refractivity contribution in [3.8, 4) is 0 Å². The fourth-order valence-electron chi connectivity index (χ4n) is 2.39. The zero-order chi connectivity index (χ0) is 13.8. The lowest BCUT2D eigenvalue weighted by Gasteiger charge is -2.32. The Morgan fingerprint density at radius 1 is 1.40 bits per heavy atom. The van der Waals surface area contributed by atoms with E-state index in [0.717, 1.165) is 31.9 Å². The van der Waals surface area contributed by atoms with Crippen LogP contribution in [0.25, 0.3) is 0 Å². The van der Waals surface area contributed by atoms with Gasteiger partial charge in [0.1, 0.15) is 6.26 Å². The van der Waals surface area contributed by atoms with Crippen LogP contribution in [0.2, 0.25) is 0 Å². The number of hydrogen-bond acceptors (Lipinski definition) is 5. The van der Waals surface area contributed by atoms with Crippen LogP contribution in [0, 0.1) is 0 Å². The molecule has 3 heterocycles. The molecule has 2 aromatic rings. The molecule has 104 valence electrons. The van der Waals surface area contributed by atoms with E-state index >= 15 is 0 Å². The standard InChI is InChI=1S/C14H16N4O2/c19-13(11-4-8-20-10-11)17-12-3-1-7-18(9-12)14-15-5-2-6-16-14/h2,4-6,8,10,12H,1,3,7,9H2,(H,17,19)/t12-/m0/s1. The molecule has 0 unspecified atom stereocenters. The zero-order valence-electron chi connectivity index (χ0n) is 11.0. The maximum atomic E-state index is 12.0. The Balaban J connectivity index is 1.62. The second kappa shape index (κ2) is 5.73. The van der Waals surface area contributed by atoms with Crippen LogP contribution >= 0.6 is 0 Å². The van der Waals surface area contributed by atoms with E-state index in [1.807, 2.05) is 0 Å². The monoisotopic (exact) mass is 272 g/mol. The Labute approximate surface area is 116 Å². The highest BCUT2D eigenvalue weighted by atomic mass is 16.3. The largest absolute Gasteiger partial charge is 0.472 e. The third kappa shape index (κ3) is 2.79. The van der Waals surface area contributed by atoms with Gasteiger partial charge in [-0.1, -0.05) is 0 Å². The summed E-state index contributed by atoms with van der Waals surface area (Å²) in [5.74, 6) is 0.620. The minimum absolute atomic E-state index is 0.0976. The first-order valence-corrected chi connectivity index (χ1v) is 6.68. The maximum Gasteiger partial charge on any atom is 0.254 e. The van der Waals surface area contributed by atoms with Crippen molar-refractivity contribution in [2.75, 3.05) is 18.0 Å². The highest BCUT2D eigenvalue weighted by Crippen LogP contribution is 2.15. The molecule has 6 nitrogen and oxygen atoms in total. The van der Waals surface area contributed by atoms with E-state index in [1.54, 1.807) is 24.5 Å². The van der Waals surface area contributed by atoms with Crippen LogP contribution in [0.5, 0.6) is 0 Å². The highest BCUT2D eigenvalue weighted by Gasteiger charge is 2.23. The summed E-state index contributed by atoms with van der Waals surface area (Å²) in [4.78, 5) is 22.6. The number of carbonyl (C=O) groups is 1. The van der Waals surface area contributed by atoms with Crippen molar-refractivity contribution in [2.45, 2.75) is 18.9 Å². The van der Waals surface area contributed by atoms with Crippen molar-refractivity contribution >= 4 is 11.9 Å². The van der Waals surface area contributed by atoms with Crippen LogP contribution in [0.1, 0.15) is 23.2 Å². The molecule has 6 heteroatoms. The van der Waals surface area contributed by atoms with Crippen molar-refractivity contribution in [2.24, 2.45) is 0 Å². The second-order valence-electron chi connectivity index (χ2n) is 4.82. The van der Waals surface area contributed by atoms with Gasteiger partial charge in [0.05, 0.1) is 11.8 Å². The molecule has 3 rings (SSSR count). The number of carbonyl (C=O) groups excluding carboxylic acids is 1. The summed E-state index contributed by atoms with van der Waals surface area (Å²) < 4.78 is 4.92. The lowest BCUT2D eigenvalue weighted by Crippen LogP contribution is -2.48. The Hall–Kier alpha value is -2.37. The predicted molar refractivity (Wildman–Crippen MR) is 73.4 cm³/mol. The van der Waals surface area contributed by atoms with Crippen LogP contribution < -0.4 is 10.2 Å². The number of nitrogens with zero attached hydrogens (tertiary/aromatic N) is 3. The molecule has 1 aliphatic heterocycles. The first-order chi connectivity index (χ1) is 9.83. The van der Waals surface area contributed by atoms with Crippen molar-refractivity contribution < 1.29 is 9.21 Å². The van der Waals surface area contributed by atoms with Gasteiger partial charge < -0.3 is 14.6 Å². The molecule has 1 aliphatic rings. The van der Waals surface area contributed by atoms with Gasteiger partial charge in [-0.2, -0.15) is 0 Å². The summed E-state index contributed by atoms with van der Waals surface area (Å²) in [6.07, 6.45) is 8.39.